The summed E-state index contributed by atoms with van der Waals surface area (Å²) in [6, 6.07) is 0. The molecule has 0 nitrogen and oxygen atoms in total. The van der Waals surface area contributed by atoms with Crippen LogP contribution in [0.2, 0.25) is 0 Å². The molecule has 0 bridgehead atoms. The summed E-state index contributed by atoms with van der Waals surface area (Å²) in [5.74, 6) is 0. The van der Waals surface area contributed by atoms with Gasteiger partial charge in [-0.05, 0) is 0 Å². The first-order chi connectivity index (χ1) is 3.41. The molecule has 0 saturated heterocycles. The van der Waals surface area contributed by atoms with Crippen molar-refractivity contribution in [2.24, 2.45) is 0 Å². The first kappa shape index (κ1) is 13.5. The first-order valence-corrected chi connectivity index (χ1v) is 11.8. The summed E-state index contributed by atoms with van der Waals surface area (Å²) in [7, 11) is 9.75. The van der Waals surface area contributed by atoms with Crippen LogP contribution in [0, 0.1) is 0 Å². The third kappa shape index (κ3) is 66.0. The van der Waals surface area contributed by atoms with Crippen molar-refractivity contribution in [3.8, 4) is 0 Å². The van der Waals surface area contributed by atoms with Gasteiger partial charge in [0, 0.05) is 0 Å². The molecule has 0 aliphatic carbocycles. The van der Waals surface area contributed by atoms with Crippen LogP contribution in [0.4, 0.5) is 0 Å². The maximum atomic E-state index is 4.94. The van der Waals surface area contributed by atoms with Gasteiger partial charge in [0.15, 0.2) is 0 Å². The van der Waals surface area contributed by atoms with Gasteiger partial charge >= 0.3 is 41.4 Å². The predicted octanol–water partition coefficient (Wildman–Crippen LogP) is 2.00. The summed E-state index contributed by atoms with van der Waals surface area (Å²) in [6.45, 7) is 0. The van der Waals surface area contributed by atoms with Gasteiger partial charge in [0.2, 0.25) is 0 Å². The van der Waals surface area contributed by atoms with Crippen LogP contribution in [0.15, 0.2) is 0 Å². The van der Waals surface area contributed by atoms with Crippen LogP contribution in [-0.4, -0.2) is 0 Å². The second-order valence-corrected chi connectivity index (χ2v) is 13.6. The summed E-state index contributed by atoms with van der Waals surface area (Å²) in [6.07, 6.45) is 0. The monoisotopic (exact) mass is 368 g/mol. The Bertz CT molecular complexity index is 32.3. The largest absolute Gasteiger partial charge is 0.402 e. The van der Waals surface area contributed by atoms with Crippen molar-refractivity contribution in [2.45, 2.75) is 0 Å². The second kappa shape index (κ2) is 8.00. The molecule has 8 heavy (non-hydrogen) atoms. The number of hydrogen-bond acceptors (Lipinski definition) is 0. The van der Waals surface area contributed by atoms with Gasteiger partial charge in [-0.25, -0.2) is 0 Å². The zero-order valence-corrected chi connectivity index (χ0v) is 10.7. The standard InChI is InChI=1S/Cl4P.Cl2I/c1-5(2,3)4;1-3-2/q+1;-1. The predicted molar refractivity (Wildman–Crippen MR) is 42.0 cm³/mol. The minimum absolute atomic E-state index is 0.466. The fraction of sp³-hybridized carbons (Fsp3) is 0. The van der Waals surface area contributed by atoms with Gasteiger partial charge in [0.1, 0.15) is 45.0 Å². The van der Waals surface area contributed by atoms with Crippen LogP contribution in [0.3, 0.4) is 0 Å². The van der Waals surface area contributed by atoms with E-state index >= 15 is 0 Å². The van der Waals surface area contributed by atoms with Crippen LogP contribution < -0.4 is 18.9 Å². The van der Waals surface area contributed by atoms with E-state index in [1.54, 1.807) is 0 Å². The normalized spacial score (nSPS) is 10.2. The summed E-state index contributed by atoms with van der Waals surface area (Å²) < 4.78 is -2.50. The molecule has 0 aromatic rings. The van der Waals surface area contributed by atoms with Gasteiger partial charge in [-0.2, -0.15) is 0 Å². The maximum absolute atomic E-state index is 4.94. The smallest absolute Gasteiger partial charge is 0.150 e. The van der Waals surface area contributed by atoms with E-state index < -0.39 is 23.6 Å². The average Bonchev–Trinajstić information content (AvgIpc) is 1.27. The molecule has 0 spiro atoms. The van der Waals surface area contributed by atoms with Gasteiger partial charge < -0.3 is 0 Å². The molecule has 0 atom stereocenters. The van der Waals surface area contributed by atoms with Gasteiger partial charge in [-0.3, -0.25) is 0 Å². The minimum Gasteiger partial charge on any atom is 0.150 e. The van der Waals surface area contributed by atoms with Crippen LogP contribution in [0.5, 0.6) is 0 Å². The minimum atomic E-state index is -2.50. The van der Waals surface area contributed by atoms with Crippen molar-refractivity contribution >= 4 is 67.5 Å². The van der Waals surface area contributed by atoms with Gasteiger partial charge in [-0.1, -0.05) is 0 Å². The Kier molecular flexibility index (Phi) is 13.5. The first-order valence-electron chi connectivity index (χ1n) is 0.962. The fourth-order valence-corrected chi connectivity index (χ4v) is 0. The molecule has 0 unspecified atom stereocenters. The number of hydrogen-bond donors (Lipinski definition) is 0. The van der Waals surface area contributed by atoms with E-state index in [1.165, 1.54) is 0 Å². The van der Waals surface area contributed by atoms with Crippen LogP contribution in [0.25, 0.3) is 0 Å². The SMILES string of the molecule is Cl[I-]Cl.Cl[P+](Cl)(Cl)Cl. The molecule has 0 amide bonds. The van der Waals surface area contributed by atoms with Crippen molar-refractivity contribution in [1.82, 2.24) is 0 Å². The number of halogens is 7. The molecular weight excluding hydrogens is 371 g/mol. The molecule has 0 radical (unpaired) electrons. The molecule has 8 heteroatoms. The van der Waals surface area contributed by atoms with E-state index in [-0.39, 0.29) is 0 Å². The fourth-order valence-electron chi connectivity index (χ4n) is 0. The Morgan fingerprint density at radius 1 is 0.875 bits per heavy atom. The molecule has 0 aromatic heterocycles. The van der Waals surface area contributed by atoms with Gasteiger partial charge in [0.25, 0.3) is 0 Å². The Balaban J connectivity index is 0. The van der Waals surface area contributed by atoms with Gasteiger partial charge in [-0.15, -0.1) is 0 Å². The third-order valence-electron chi connectivity index (χ3n) is 0. The summed E-state index contributed by atoms with van der Waals surface area (Å²) in [4.78, 5) is 0. The molecule has 0 fully saturated rings. The van der Waals surface area contributed by atoms with Crippen molar-refractivity contribution in [3.05, 3.63) is 0 Å². The molecule has 0 N–H and O–H groups in total. The Labute approximate surface area is 85.3 Å². The van der Waals surface area contributed by atoms with E-state index in [0.29, 0.717) is 0 Å². The van der Waals surface area contributed by atoms with Crippen molar-refractivity contribution in [3.63, 3.8) is 0 Å². The van der Waals surface area contributed by atoms with Crippen LogP contribution in [0.1, 0.15) is 0 Å². The zero-order chi connectivity index (χ0) is 7.21. The van der Waals surface area contributed by atoms with Crippen LogP contribution in [-0.2, 0) is 0 Å². The molecule has 0 heterocycles. The molecule has 0 aromatic carbocycles. The Hall–Kier alpha value is 2.90. The average molecular weight is 371 g/mol. The third-order valence-corrected chi connectivity index (χ3v) is 0. The van der Waals surface area contributed by atoms with Crippen molar-refractivity contribution < 1.29 is 18.9 Å². The van der Waals surface area contributed by atoms with E-state index in [9.17, 15) is 0 Å². The van der Waals surface area contributed by atoms with Crippen LogP contribution >= 0.6 is 67.5 Å². The molecule has 0 aliphatic rings. The number of rotatable bonds is 0. The molecule has 54 valence electrons. The summed E-state index contributed by atoms with van der Waals surface area (Å²) in [5, 5.41) is 0. The quantitative estimate of drug-likeness (QED) is 0.452. The van der Waals surface area contributed by atoms with E-state index in [0.717, 1.165) is 0 Å². The Morgan fingerprint density at radius 3 is 0.875 bits per heavy atom. The molecular formula is Cl6IP. The van der Waals surface area contributed by atoms with Gasteiger partial charge in [0.05, 0.1) is 0 Å². The summed E-state index contributed by atoms with van der Waals surface area (Å²) >= 11 is 19.3. The molecule has 0 rings (SSSR count). The second-order valence-electron chi connectivity index (χ2n) is 0.437. The maximum Gasteiger partial charge on any atom is 0.402 e. The molecule has 0 saturated carbocycles. The topological polar surface area (TPSA) is 0 Å². The van der Waals surface area contributed by atoms with Crippen molar-refractivity contribution in [1.29, 1.82) is 0 Å². The zero-order valence-electron chi connectivity index (χ0n) is 3.09. The summed E-state index contributed by atoms with van der Waals surface area (Å²) in [5.41, 5.74) is 0. The molecule has 0 aliphatic heterocycles. The van der Waals surface area contributed by atoms with E-state index in [1.807, 2.05) is 0 Å². The van der Waals surface area contributed by atoms with E-state index in [4.69, 9.17) is 62.8 Å². The van der Waals surface area contributed by atoms with Crippen molar-refractivity contribution in [2.75, 3.05) is 0 Å². The Morgan fingerprint density at radius 2 is 0.875 bits per heavy atom. The van der Waals surface area contributed by atoms with E-state index in [2.05, 4.69) is 0 Å².